The molecule has 0 unspecified atom stereocenters. The summed E-state index contributed by atoms with van der Waals surface area (Å²) < 4.78 is 1.78. The summed E-state index contributed by atoms with van der Waals surface area (Å²) in [4.78, 5) is 18.0. The number of hydrogen-bond acceptors (Lipinski definition) is 4. The van der Waals surface area contributed by atoms with Gasteiger partial charge in [0.1, 0.15) is 0 Å². The Morgan fingerprint density at radius 2 is 2.15 bits per heavy atom. The predicted octanol–water partition coefficient (Wildman–Crippen LogP) is 4.76. The lowest BCUT2D eigenvalue weighted by Gasteiger charge is -2.03. The van der Waals surface area contributed by atoms with Gasteiger partial charge in [-0.2, -0.15) is 5.10 Å². The quantitative estimate of drug-likeness (QED) is 0.518. The Labute approximate surface area is 159 Å². The van der Waals surface area contributed by atoms with Crippen LogP contribution >= 0.6 is 22.9 Å². The molecule has 1 N–H and O–H groups in total. The number of amides is 1. The number of halogens is 1. The van der Waals surface area contributed by atoms with Gasteiger partial charge in [0.25, 0.3) is 5.91 Å². The Morgan fingerprint density at radius 3 is 2.96 bits per heavy atom. The zero-order chi connectivity index (χ0) is 18.1. The Kier molecular flexibility index (Phi) is 4.44. The van der Waals surface area contributed by atoms with Gasteiger partial charge in [-0.25, -0.2) is 9.50 Å². The molecular weight excluding hydrogens is 368 g/mol. The van der Waals surface area contributed by atoms with Gasteiger partial charge in [0.15, 0.2) is 5.01 Å². The predicted molar refractivity (Wildman–Crippen MR) is 105 cm³/mol. The minimum Gasteiger partial charge on any atom is -0.320 e. The molecule has 3 heterocycles. The molecule has 0 fully saturated rings. The van der Waals surface area contributed by atoms with E-state index in [0.717, 1.165) is 27.2 Å². The summed E-state index contributed by atoms with van der Waals surface area (Å²) in [6.45, 7) is 1.98. The highest BCUT2D eigenvalue weighted by atomic mass is 35.5. The van der Waals surface area contributed by atoms with Crippen molar-refractivity contribution >= 4 is 40.0 Å². The fraction of sp³-hybridized carbons (Fsp3) is 0.105. The molecule has 1 aromatic carbocycles. The highest BCUT2D eigenvalue weighted by molar-refractivity contribution is 7.14. The molecule has 130 valence electrons. The lowest BCUT2D eigenvalue weighted by atomic mass is 10.2. The third-order valence-corrected chi connectivity index (χ3v) is 5.45. The largest absolute Gasteiger partial charge is 0.320 e. The fourth-order valence-electron chi connectivity index (χ4n) is 2.77. The van der Waals surface area contributed by atoms with Crippen molar-refractivity contribution in [2.45, 2.75) is 12.8 Å². The van der Waals surface area contributed by atoms with Crippen molar-refractivity contribution in [1.82, 2.24) is 14.6 Å². The highest BCUT2D eigenvalue weighted by Gasteiger charge is 2.20. The third-order valence-electron chi connectivity index (χ3n) is 3.97. The smallest absolute Gasteiger partial charge is 0.284 e. The van der Waals surface area contributed by atoms with Gasteiger partial charge >= 0.3 is 0 Å². The molecule has 0 spiro atoms. The van der Waals surface area contributed by atoms with Gasteiger partial charge in [0.05, 0.1) is 23.3 Å². The van der Waals surface area contributed by atoms with E-state index >= 15 is 0 Å². The van der Waals surface area contributed by atoms with Crippen LogP contribution < -0.4 is 5.32 Å². The molecule has 0 aliphatic carbocycles. The first-order valence-corrected chi connectivity index (χ1v) is 9.37. The fourth-order valence-corrected chi connectivity index (χ4v) is 3.89. The molecule has 26 heavy (non-hydrogen) atoms. The van der Waals surface area contributed by atoms with Gasteiger partial charge in [0.2, 0.25) is 0 Å². The van der Waals surface area contributed by atoms with Gasteiger partial charge < -0.3 is 5.32 Å². The van der Waals surface area contributed by atoms with Crippen LogP contribution in [-0.2, 0) is 5.88 Å². The molecule has 5 nitrogen and oxygen atoms in total. The van der Waals surface area contributed by atoms with Crippen molar-refractivity contribution in [2.75, 3.05) is 5.32 Å². The summed E-state index contributed by atoms with van der Waals surface area (Å²) in [5, 5.41) is 7.61. The zero-order valence-corrected chi connectivity index (χ0v) is 15.5. The SMILES string of the molecule is Cc1cccc(NC(=O)c2nc(-c3cnn4ccccc34)c(CCl)s2)c1. The van der Waals surface area contributed by atoms with Crippen molar-refractivity contribution in [3.05, 3.63) is 70.3 Å². The van der Waals surface area contributed by atoms with Crippen molar-refractivity contribution in [2.24, 2.45) is 0 Å². The molecular formula is C19H15ClN4OS. The Bertz CT molecular complexity index is 1100. The first-order chi connectivity index (χ1) is 12.7. The molecule has 0 aliphatic rings. The normalized spacial score (nSPS) is 11.0. The van der Waals surface area contributed by atoms with Crippen LogP contribution in [0.1, 0.15) is 20.2 Å². The van der Waals surface area contributed by atoms with E-state index in [1.54, 1.807) is 10.7 Å². The summed E-state index contributed by atoms with van der Waals surface area (Å²) in [6, 6.07) is 13.5. The summed E-state index contributed by atoms with van der Waals surface area (Å²) in [5.41, 5.74) is 4.33. The number of anilines is 1. The first kappa shape index (κ1) is 16.8. The van der Waals surface area contributed by atoms with Crippen molar-refractivity contribution in [1.29, 1.82) is 0 Å². The van der Waals surface area contributed by atoms with Crippen LogP contribution in [0.15, 0.2) is 54.9 Å². The molecule has 0 radical (unpaired) electrons. The number of hydrogen-bond donors (Lipinski definition) is 1. The number of fused-ring (bicyclic) bond motifs is 1. The summed E-state index contributed by atoms with van der Waals surface area (Å²) >= 11 is 7.42. The lowest BCUT2D eigenvalue weighted by Crippen LogP contribution is -2.11. The molecule has 4 aromatic rings. The van der Waals surface area contributed by atoms with Gasteiger partial charge in [-0.05, 0) is 36.8 Å². The standard InChI is InChI=1S/C19H15ClN4OS/c1-12-5-4-6-13(9-12)22-18(25)19-23-17(16(10-20)26-19)14-11-21-24-8-3-2-7-15(14)24/h2-9,11H,10H2,1H3,(H,22,25). The second kappa shape index (κ2) is 6.90. The van der Waals surface area contributed by atoms with Crippen LogP contribution in [0.2, 0.25) is 0 Å². The topological polar surface area (TPSA) is 59.3 Å². The van der Waals surface area contributed by atoms with Crippen LogP contribution in [0, 0.1) is 6.92 Å². The number of pyridine rings is 1. The maximum atomic E-state index is 12.6. The van der Waals surface area contributed by atoms with Gasteiger partial charge in [-0.3, -0.25) is 4.79 Å². The molecule has 7 heteroatoms. The number of carbonyl (C=O) groups is 1. The van der Waals surface area contributed by atoms with Gasteiger partial charge in [-0.1, -0.05) is 18.2 Å². The maximum absolute atomic E-state index is 12.6. The number of nitrogens with one attached hydrogen (secondary N) is 1. The van der Waals surface area contributed by atoms with E-state index in [4.69, 9.17) is 11.6 Å². The van der Waals surface area contributed by atoms with Crippen molar-refractivity contribution in [3.8, 4) is 11.3 Å². The second-order valence-electron chi connectivity index (χ2n) is 5.84. The minimum absolute atomic E-state index is 0.241. The molecule has 0 aliphatic heterocycles. The number of carbonyl (C=O) groups excluding carboxylic acids is 1. The molecule has 0 bridgehead atoms. The molecule has 4 rings (SSSR count). The molecule has 1 amide bonds. The molecule has 0 atom stereocenters. The number of alkyl halides is 1. The van der Waals surface area contributed by atoms with Gasteiger partial charge in [-0.15, -0.1) is 22.9 Å². The van der Waals surface area contributed by atoms with E-state index in [2.05, 4.69) is 15.4 Å². The van der Waals surface area contributed by atoms with Crippen LogP contribution in [-0.4, -0.2) is 20.5 Å². The maximum Gasteiger partial charge on any atom is 0.284 e. The van der Waals surface area contributed by atoms with Crippen LogP contribution in [0.3, 0.4) is 0 Å². The Hall–Kier alpha value is -2.70. The Morgan fingerprint density at radius 1 is 1.27 bits per heavy atom. The molecule has 0 saturated carbocycles. The van der Waals surface area contributed by atoms with Crippen molar-refractivity contribution in [3.63, 3.8) is 0 Å². The minimum atomic E-state index is -0.241. The Balaban J connectivity index is 1.70. The van der Waals surface area contributed by atoms with E-state index in [0.29, 0.717) is 10.7 Å². The number of aromatic nitrogens is 3. The van der Waals surface area contributed by atoms with Crippen LogP contribution in [0.5, 0.6) is 0 Å². The average Bonchev–Trinajstić information content (AvgIpc) is 3.25. The molecule has 3 aromatic heterocycles. The lowest BCUT2D eigenvalue weighted by molar-refractivity contribution is 0.102. The first-order valence-electron chi connectivity index (χ1n) is 8.02. The highest BCUT2D eigenvalue weighted by Crippen LogP contribution is 2.32. The zero-order valence-electron chi connectivity index (χ0n) is 13.9. The van der Waals surface area contributed by atoms with E-state index in [-0.39, 0.29) is 11.8 Å². The summed E-state index contributed by atoms with van der Waals surface area (Å²) in [5.74, 6) is 0.0456. The third kappa shape index (κ3) is 3.09. The van der Waals surface area contributed by atoms with E-state index < -0.39 is 0 Å². The number of nitrogens with zero attached hydrogens (tertiary/aromatic N) is 3. The summed E-state index contributed by atoms with van der Waals surface area (Å²) in [6.07, 6.45) is 3.62. The van der Waals surface area contributed by atoms with Crippen LogP contribution in [0.25, 0.3) is 16.8 Å². The molecule has 0 saturated heterocycles. The number of rotatable bonds is 4. The monoisotopic (exact) mass is 382 g/mol. The second-order valence-corrected chi connectivity index (χ2v) is 7.19. The van der Waals surface area contributed by atoms with E-state index in [9.17, 15) is 4.79 Å². The van der Waals surface area contributed by atoms with E-state index in [1.165, 1.54) is 11.3 Å². The van der Waals surface area contributed by atoms with Crippen molar-refractivity contribution < 1.29 is 4.79 Å². The van der Waals surface area contributed by atoms with Gasteiger partial charge in [0, 0.05) is 22.3 Å². The average molecular weight is 383 g/mol. The van der Waals surface area contributed by atoms with E-state index in [1.807, 2.05) is 55.6 Å². The van der Waals surface area contributed by atoms with Crippen LogP contribution in [0.4, 0.5) is 5.69 Å². The number of aryl methyl sites for hydroxylation is 1. The summed E-state index contributed by atoms with van der Waals surface area (Å²) in [7, 11) is 0. The number of thiazole rings is 1. The number of benzene rings is 1.